The van der Waals surface area contributed by atoms with Crippen molar-refractivity contribution in [2.45, 2.75) is 45.8 Å². The fourth-order valence-electron chi connectivity index (χ4n) is 1.55. The molecule has 0 fully saturated rings. The Morgan fingerprint density at radius 1 is 1.20 bits per heavy atom. The van der Waals surface area contributed by atoms with E-state index in [1.165, 1.54) is 19.2 Å². The van der Waals surface area contributed by atoms with Crippen LogP contribution >= 0.6 is 0 Å². The molecule has 1 rings (SSSR count). The average molecular weight is 284 g/mol. The second kappa shape index (κ2) is 5.72. The van der Waals surface area contributed by atoms with E-state index < -0.39 is 24.1 Å². The van der Waals surface area contributed by atoms with Crippen LogP contribution in [0.3, 0.4) is 0 Å². The molecule has 0 bridgehead atoms. The van der Waals surface area contributed by atoms with Crippen LogP contribution in [0, 0.1) is 12.7 Å². The van der Waals surface area contributed by atoms with Gasteiger partial charge in [0.15, 0.2) is 11.6 Å². The summed E-state index contributed by atoms with van der Waals surface area (Å²) in [6, 6.07) is 2.87. The highest BCUT2D eigenvalue weighted by Crippen LogP contribution is 2.26. The maximum atomic E-state index is 13.7. The molecule has 0 unspecified atom stereocenters. The molecule has 0 aromatic heterocycles. The van der Waals surface area contributed by atoms with Gasteiger partial charge in [0, 0.05) is 0 Å². The third kappa shape index (κ3) is 3.51. The van der Waals surface area contributed by atoms with Crippen LogP contribution in [0.1, 0.15) is 33.3 Å². The molecule has 0 radical (unpaired) electrons. The molecule has 0 aliphatic heterocycles. The lowest BCUT2D eigenvalue weighted by atomic mass is 9.76. The molecule has 0 saturated heterocycles. The second-order valence-corrected chi connectivity index (χ2v) is 5.89. The Balaban J connectivity index is 3.05. The number of ether oxygens (including phenoxy) is 1. The van der Waals surface area contributed by atoms with E-state index in [4.69, 9.17) is 9.39 Å². The summed E-state index contributed by atoms with van der Waals surface area (Å²) < 4.78 is 24.1. The molecule has 112 valence electrons. The van der Waals surface area contributed by atoms with Crippen LogP contribution in [-0.4, -0.2) is 35.6 Å². The number of hydrogen-bond donors (Lipinski definition) is 2. The van der Waals surface area contributed by atoms with Crippen molar-refractivity contribution in [2.24, 2.45) is 0 Å². The first-order valence-corrected chi connectivity index (χ1v) is 6.42. The SMILES string of the molecule is COc1cc(B(O)OC(C)(C)C(C)(C)O)cc(C)c1F. The van der Waals surface area contributed by atoms with E-state index in [1.807, 2.05) is 0 Å². The first-order chi connectivity index (χ1) is 8.99. The van der Waals surface area contributed by atoms with E-state index in [-0.39, 0.29) is 5.75 Å². The maximum Gasteiger partial charge on any atom is 0.491 e. The van der Waals surface area contributed by atoms with Gasteiger partial charge in [-0.05, 0) is 51.7 Å². The van der Waals surface area contributed by atoms with E-state index in [1.54, 1.807) is 34.6 Å². The minimum absolute atomic E-state index is 0.0451. The van der Waals surface area contributed by atoms with Crippen LogP contribution < -0.4 is 10.2 Å². The summed E-state index contributed by atoms with van der Waals surface area (Å²) in [6.07, 6.45) is 0. The van der Waals surface area contributed by atoms with Crippen molar-refractivity contribution in [1.82, 2.24) is 0 Å². The maximum absolute atomic E-state index is 13.7. The zero-order valence-electron chi connectivity index (χ0n) is 12.8. The van der Waals surface area contributed by atoms with Gasteiger partial charge in [0.05, 0.1) is 18.3 Å². The van der Waals surface area contributed by atoms with Crippen molar-refractivity contribution in [2.75, 3.05) is 7.11 Å². The largest absolute Gasteiger partial charge is 0.494 e. The monoisotopic (exact) mass is 284 g/mol. The van der Waals surface area contributed by atoms with Crippen LogP contribution in [0.15, 0.2) is 12.1 Å². The smallest absolute Gasteiger partial charge is 0.491 e. The summed E-state index contributed by atoms with van der Waals surface area (Å²) in [6.45, 7) is 8.11. The van der Waals surface area contributed by atoms with Crippen LogP contribution in [0.5, 0.6) is 5.75 Å². The first-order valence-electron chi connectivity index (χ1n) is 6.42. The van der Waals surface area contributed by atoms with Crippen molar-refractivity contribution < 1.29 is 23.9 Å². The van der Waals surface area contributed by atoms with Gasteiger partial charge in [-0.15, -0.1) is 0 Å². The molecule has 20 heavy (non-hydrogen) atoms. The highest BCUT2D eigenvalue weighted by Gasteiger charge is 2.39. The quantitative estimate of drug-likeness (QED) is 0.802. The van der Waals surface area contributed by atoms with E-state index in [9.17, 15) is 14.5 Å². The molecule has 1 aromatic carbocycles. The van der Waals surface area contributed by atoms with Crippen molar-refractivity contribution in [3.63, 3.8) is 0 Å². The Morgan fingerprint density at radius 3 is 2.20 bits per heavy atom. The van der Waals surface area contributed by atoms with Gasteiger partial charge < -0.3 is 19.5 Å². The molecular weight excluding hydrogens is 262 g/mol. The average Bonchev–Trinajstić information content (AvgIpc) is 2.30. The van der Waals surface area contributed by atoms with Gasteiger partial charge in [0.2, 0.25) is 0 Å². The molecule has 1 aromatic rings. The molecule has 2 N–H and O–H groups in total. The molecule has 0 heterocycles. The van der Waals surface area contributed by atoms with Gasteiger partial charge in [-0.2, -0.15) is 0 Å². The molecule has 0 aliphatic carbocycles. The Hall–Kier alpha value is -1.11. The summed E-state index contributed by atoms with van der Waals surface area (Å²) >= 11 is 0. The fraction of sp³-hybridized carbons (Fsp3) is 0.571. The number of halogens is 1. The van der Waals surface area contributed by atoms with Crippen LogP contribution in [0.2, 0.25) is 0 Å². The first kappa shape index (κ1) is 16.9. The number of benzene rings is 1. The molecule has 6 heteroatoms. The molecule has 0 atom stereocenters. The molecule has 0 saturated carbocycles. The van der Waals surface area contributed by atoms with Crippen molar-refractivity contribution in [3.05, 3.63) is 23.5 Å². The fourth-order valence-corrected chi connectivity index (χ4v) is 1.55. The van der Waals surface area contributed by atoms with Gasteiger partial charge in [-0.1, -0.05) is 6.07 Å². The van der Waals surface area contributed by atoms with Gasteiger partial charge in [-0.3, -0.25) is 0 Å². The second-order valence-electron chi connectivity index (χ2n) is 5.89. The summed E-state index contributed by atoms with van der Waals surface area (Å²) in [7, 11) is 0.0694. The molecule has 0 amide bonds. The zero-order valence-corrected chi connectivity index (χ0v) is 12.8. The predicted octanol–water partition coefficient (Wildman–Crippen LogP) is 1.40. The minimum atomic E-state index is -1.29. The normalized spacial score (nSPS) is 12.4. The van der Waals surface area contributed by atoms with Gasteiger partial charge in [0.1, 0.15) is 0 Å². The van der Waals surface area contributed by atoms with Crippen LogP contribution in [0.4, 0.5) is 4.39 Å². The zero-order chi connectivity index (χ0) is 15.7. The Labute approximate surface area is 119 Å². The molecule has 0 spiro atoms. The molecular formula is C14H22BFO4. The Bertz CT molecular complexity index is 483. The third-order valence-corrected chi connectivity index (χ3v) is 3.63. The lowest BCUT2D eigenvalue weighted by Gasteiger charge is -2.38. The van der Waals surface area contributed by atoms with Crippen molar-refractivity contribution in [3.8, 4) is 5.75 Å². The number of methoxy groups -OCH3 is 1. The summed E-state index contributed by atoms with van der Waals surface area (Å²) in [5, 5.41) is 20.2. The summed E-state index contributed by atoms with van der Waals surface area (Å²) in [5.74, 6) is -0.422. The summed E-state index contributed by atoms with van der Waals surface area (Å²) in [4.78, 5) is 0. The molecule has 4 nitrogen and oxygen atoms in total. The highest BCUT2D eigenvalue weighted by molar-refractivity contribution is 6.60. The number of aliphatic hydroxyl groups is 1. The standard InChI is InChI=1S/C14H22BFO4/c1-9-7-10(8-11(19-6)12(9)16)15(18)20-14(4,5)13(2,3)17/h7-8,17-18H,1-6H3. The minimum Gasteiger partial charge on any atom is -0.494 e. The third-order valence-electron chi connectivity index (χ3n) is 3.63. The van der Waals surface area contributed by atoms with Gasteiger partial charge in [0.25, 0.3) is 0 Å². The summed E-state index contributed by atoms with van der Waals surface area (Å²) in [5.41, 5.74) is -1.41. The van der Waals surface area contributed by atoms with E-state index in [0.29, 0.717) is 11.0 Å². The van der Waals surface area contributed by atoms with Crippen LogP contribution in [-0.2, 0) is 4.65 Å². The lowest BCUT2D eigenvalue weighted by Crippen LogP contribution is -2.53. The predicted molar refractivity (Wildman–Crippen MR) is 76.8 cm³/mol. The van der Waals surface area contributed by atoms with Crippen molar-refractivity contribution >= 4 is 12.6 Å². The van der Waals surface area contributed by atoms with Gasteiger partial charge in [-0.25, -0.2) is 4.39 Å². The van der Waals surface area contributed by atoms with Crippen molar-refractivity contribution in [1.29, 1.82) is 0 Å². The topological polar surface area (TPSA) is 58.9 Å². The number of rotatable bonds is 5. The van der Waals surface area contributed by atoms with E-state index in [2.05, 4.69) is 0 Å². The Morgan fingerprint density at radius 2 is 1.75 bits per heavy atom. The highest BCUT2D eigenvalue weighted by atomic mass is 19.1. The van der Waals surface area contributed by atoms with Gasteiger partial charge >= 0.3 is 7.12 Å². The van der Waals surface area contributed by atoms with E-state index >= 15 is 0 Å². The van der Waals surface area contributed by atoms with E-state index in [0.717, 1.165) is 0 Å². The lowest BCUT2D eigenvalue weighted by molar-refractivity contribution is -0.0982. The van der Waals surface area contributed by atoms with Crippen LogP contribution in [0.25, 0.3) is 0 Å². The number of hydrogen-bond acceptors (Lipinski definition) is 4. The number of aryl methyl sites for hydroxylation is 1. The molecule has 0 aliphatic rings. The Kier molecular flexibility index (Phi) is 4.84.